The van der Waals surface area contributed by atoms with Crippen molar-refractivity contribution >= 4 is 28.8 Å². The first kappa shape index (κ1) is 10.5. The molecule has 1 amide bonds. The topological polar surface area (TPSA) is 29.1 Å². The maximum absolute atomic E-state index is 11.4. The van der Waals surface area contributed by atoms with Crippen LogP contribution in [0.1, 0.15) is 22.2 Å². The number of rotatable bonds is 3. The molecule has 0 fully saturated rings. The summed E-state index contributed by atoms with van der Waals surface area (Å²) in [4.78, 5) is 12.5. The van der Waals surface area contributed by atoms with Gasteiger partial charge < -0.3 is 5.32 Å². The normalized spacial score (nSPS) is 12.5. The zero-order chi connectivity index (χ0) is 9.84. The smallest absolute Gasteiger partial charge is 0.252 e. The second-order valence-electron chi connectivity index (χ2n) is 2.94. The highest BCUT2D eigenvalue weighted by atomic mass is 35.5. The molecule has 1 atom stereocenters. The van der Waals surface area contributed by atoms with Crippen LogP contribution >= 0.6 is 22.9 Å². The lowest BCUT2D eigenvalue weighted by Crippen LogP contribution is -2.28. The van der Waals surface area contributed by atoms with E-state index in [-0.39, 0.29) is 11.3 Å². The molecule has 1 unspecified atom stereocenters. The Morgan fingerprint density at radius 3 is 2.92 bits per heavy atom. The van der Waals surface area contributed by atoms with Gasteiger partial charge in [0.2, 0.25) is 0 Å². The van der Waals surface area contributed by atoms with Gasteiger partial charge in [-0.25, -0.2) is 0 Å². The van der Waals surface area contributed by atoms with Crippen LogP contribution in [0.15, 0.2) is 11.4 Å². The van der Waals surface area contributed by atoms with Crippen molar-refractivity contribution in [3.63, 3.8) is 0 Å². The Bertz CT molecular complexity index is 296. The Balaban J connectivity index is 2.49. The van der Waals surface area contributed by atoms with Crippen LogP contribution in [0.3, 0.4) is 0 Å². The number of hydrogen-bond donors (Lipinski definition) is 1. The Morgan fingerprint density at radius 1 is 1.77 bits per heavy atom. The lowest BCUT2D eigenvalue weighted by Gasteiger charge is -2.04. The summed E-state index contributed by atoms with van der Waals surface area (Å²) in [5, 5.41) is 4.57. The molecule has 2 nitrogen and oxygen atoms in total. The third-order valence-corrected chi connectivity index (χ3v) is 2.55. The summed E-state index contributed by atoms with van der Waals surface area (Å²) in [6.45, 7) is 4.33. The summed E-state index contributed by atoms with van der Waals surface area (Å²) >= 11 is 7.28. The van der Waals surface area contributed by atoms with Gasteiger partial charge in [-0.2, -0.15) is 0 Å². The van der Waals surface area contributed by atoms with Gasteiger partial charge in [0.05, 0.1) is 5.56 Å². The lowest BCUT2D eigenvalue weighted by atomic mass is 10.3. The first-order valence-electron chi connectivity index (χ1n) is 4.07. The highest BCUT2D eigenvalue weighted by Gasteiger charge is 2.07. The van der Waals surface area contributed by atoms with Crippen LogP contribution < -0.4 is 5.32 Å². The van der Waals surface area contributed by atoms with Crippen LogP contribution in [0.5, 0.6) is 0 Å². The minimum atomic E-state index is -0.0446. The number of nitrogens with one attached hydrogen (secondary N) is 1. The van der Waals surface area contributed by atoms with E-state index in [0.717, 1.165) is 10.4 Å². The van der Waals surface area contributed by atoms with E-state index in [1.165, 1.54) is 0 Å². The quantitative estimate of drug-likeness (QED) is 0.775. The fourth-order valence-corrected chi connectivity index (χ4v) is 1.66. The molecule has 0 radical (unpaired) electrons. The van der Waals surface area contributed by atoms with E-state index >= 15 is 0 Å². The van der Waals surface area contributed by atoms with Crippen LogP contribution in [0, 0.1) is 6.92 Å². The highest BCUT2D eigenvalue weighted by molar-refractivity contribution is 7.10. The van der Waals surface area contributed by atoms with Crippen molar-refractivity contribution in [3.05, 3.63) is 21.9 Å². The van der Waals surface area contributed by atoms with E-state index in [4.69, 9.17) is 11.6 Å². The summed E-state index contributed by atoms with van der Waals surface area (Å²) in [5.41, 5.74) is 0.722. The molecule has 72 valence electrons. The van der Waals surface area contributed by atoms with E-state index < -0.39 is 0 Å². The molecule has 1 rings (SSSR count). The van der Waals surface area contributed by atoms with E-state index in [0.29, 0.717) is 6.54 Å². The molecular weight excluding hydrogens is 206 g/mol. The van der Waals surface area contributed by atoms with Crippen molar-refractivity contribution in [2.24, 2.45) is 0 Å². The largest absolute Gasteiger partial charge is 0.351 e. The van der Waals surface area contributed by atoms with Gasteiger partial charge in [0, 0.05) is 22.2 Å². The number of carbonyl (C=O) groups is 1. The number of thiophene rings is 1. The van der Waals surface area contributed by atoms with E-state index in [9.17, 15) is 4.79 Å². The van der Waals surface area contributed by atoms with Gasteiger partial charge in [0.25, 0.3) is 5.91 Å². The molecular formula is C9H12ClNOS. The molecule has 0 aliphatic rings. The van der Waals surface area contributed by atoms with E-state index in [1.807, 2.05) is 25.3 Å². The van der Waals surface area contributed by atoms with Gasteiger partial charge in [0.1, 0.15) is 0 Å². The predicted octanol–water partition coefficient (Wildman–Crippen LogP) is 2.41. The molecule has 0 saturated heterocycles. The SMILES string of the molecule is Cc1cc(C(=O)NCC(C)Cl)cs1. The van der Waals surface area contributed by atoms with Crippen LogP contribution in [-0.2, 0) is 0 Å². The summed E-state index contributed by atoms with van der Waals surface area (Å²) in [7, 11) is 0. The van der Waals surface area contributed by atoms with Crippen LogP contribution in [-0.4, -0.2) is 17.8 Å². The zero-order valence-electron chi connectivity index (χ0n) is 7.63. The first-order chi connectivity index (χ1) is 6.09. The predicted molar refractivity (Wildman–Crippen MR) is 56.7 cm³/mol. The van der Waals surface area contributed by atoms with Gasteiger partial charge in [-0.05, 0) is 19.9 Å². The molecule has 0 aliphatic heterocycles. The fraction of sp³-hybridized carbons (Fsp3) is 0.444. The number of carbonyl (C=O) groups excluding carboxylic acids is 1. The summed E-state index contributed by atoms with van der Waals surface area (Å²) in [6.07, 6.45) is 0. The maximum Gasteiger partial charge on any atom is 0.252 e. The Hall–Kier alpha value is -0.540. The molecule has 0 spiro atoms. The molecule has 0 aliphatic carbocycles. The summed E-state index contributed by atoms with van der Waals surface area (Å²) in [5.74, 6) is -0.0446. The molecule has 4 heteroatoms. The van der Waals surface area contributed by atoms with E-state index in [2.05, 4.69) is 5.32 Å². The number of aryl methyl sites for hydroxylation is 1. The van der Waals surface area contributed by atoms with Gasteiger partial charge in [0.15, 0.2) is 0 Å². The van der Waals surface area contributed by atoms with Crippen molar-refractivity contribution in [1.29, 1.82) is 0 Å². The Morgan fingerprint density at radius 2 is 2.46 bits per heavy atom. The van der Waals surface area contributed by atoms with Crippen LogP contribution in [0.4, 0.5) is 0 Å². The molecule has 0 aromatic carbocycles. The minimum absolute atomic E-state index is 0.0244. The van der Waals surface area contributed by atoms with Crippen LogP contribution in [0.2, 0.25) is 0 Å². The molecule has 13 heavy (non-hydrogen) atoms. The fourth-order valence-electron chi connectivity index (χ4n) is 0.898. The summed E-state index contributed by atoms with van der Waals surface area (Å²) < 4.78 is 0. The Kier molecular flexibility index (Phi) is 3.75. The van der Waals surface area contributed by atoms with Crippen molar-refractivity contribution in [2.75, 3.05) is 6.54 Å². The lowest BCUT2D eigenvalue weighted by molar-refractivity contribution is 0.0954. The average molecular weight is 218 g/mol. The zero-order valence-corrected chi connectivity index (χ0v) is 9.21. The third kappa shape index (κ3) is 3.36. The molecule has 1 aromatic rings. The number of amides is 1. The highest BCUT2D eigenvalue weighted by Crippen LogP contribution is 2.12. The molecule has 1 N–H and O–H groups in total. The molecule has 0 bridgehead atoms. The summed E-state index contributed by atoms with van der Waals surface area (Å²) in [6, 6.07) is 1.87. The van der Waals surface area contributed by atoms with Crippen molar-refractivity contribution in [3.8, 4) is 0 Å². The number of alkyl halides is 1. The second kappa shape index (κ2) is 4.63. The van der Waals surface area contributed by atoms with Gasteiger partial charge >= 0.3 is 0 Å². The van der Waals surface area contributed by atoms with Crippen molar-refractivity contribution in [1.82, 2.24) is 5.32 Å². The second-order valence-corrected chi connectivity index (χ2v) is 4.80. The number of halogens is 1. The maximum atomic E-state index is 11.4. The average Bonchev–Trinajstić information content (AvgIpc) is 2.47. The van der Waals surface area contributed by atoms with Crippen LogP contribution in [0.25, 0.3) is 0 Å². The van der Waals surface area contributed by atoms with E-state index in [1.54, 1.807) is 11.3 Å². The van der Waals surface area contributed by atoms with Crippen molar-refractivity contribution in [2.45, 2.75) is 19.2 Å². The Labute approximate surface area is 86.9 Å². The molecule has 1 heterocycles. The minimum Gasteiger partial charge on any atom is -0.351 e. The molecule has 1 aromatic heterocycles. The third-order valence-electron chi connectivity index (χ3n) is 1.54. The van der Waals surface area contributed by atoms with Gasteiger partial charge in [-0.15, -0.1) is 22.9 Å². The van der Waals surface area contributed by atoms with Gasteiger partial charge in [-0.3, -0.25) is 4.79 Å². The van der Waals surface area contributed by atoms with Gasteiger partial charge in [-0.1, -0.05) is 0 Å². The van der Waals surface area contributed by atoms with Crippen molar-refractivity contribution < 1.29 is 4.79 Å². The first-order valence-corrected chi connectivity index (χ1v) is 5.38. The standard InChI is InChI=1S/C9H12ClNOS/c1-6(10)4-11-9(12)8-3-7(2)13-5-8/h3,5-6H,4H2,1-2H3,(H,11,12). The number of hydrogen-bond acceptors (Lipinski definition) is 2. The molecule has 0 saturated carbocycles. The monoisotopic (exact) mass is 217 g/mol.